The Morgan fingerprint density at radius 3 is 2.47 bits per heavy atom. The largest absolute Gasteiger partial charge is 0.278 e. The topological polar surface area (TPSA) is 37.4 Å². The molecule has 3 rings (SSSR count). The van der Waals surface area contributed by atoms with E-state index in [4.69, 9.17) is 0 Å². The van der Waals surface area contributed by atoms with Gasteiger partial charge >= 0.3 is 0 Å². The van der Waals surface area contributed by atoms with Gasteiger partial charge in [-0.15, -0.1) is 0 Å². The Morgan fingerprint density at radius 2 is 1.84 bits per heavy atom. The van der Waals surface area contributed by atoms with Crippen molar-refractivity contribution in [3.63, 3.8) is 0 Å². The van der Waals surface area contributed by atoms with E-state index < -0.39 is 0 Å². The van der Waals surface area contributed by atoms with Crippen LogP contribution in [0.1, 0.15) is 24.8 Å². The SMILES string of the molecule is O=C1C2CCCC2C(=O)N1Cc1cccc(F)c1Br. The van der Waals surface area contributed by atoms with Crippen LogP contribution < -0.4 is 0 Å². The fourth-order valence-electron chi connectivity index (χ4n) is 3.06. The van der Waals surface area contributed by atoms with E-state index >= 15 is 0 Å². The van der Waals surface area contributed by atoms with Crippen molar-refractivity contribution >= 4 is 27.7 Å². The van der Waals surface area contributed by atoms with E-state index in [9.17, 15) is 14.0 Å². The first-order valence-electron chi connectivity index (χ1n) is 6.37. The van der Waals surface area contributed by atoms with Crippen LogP contribution in [0, 0.1) is 17.7 Å². The zero-order chi connectivity index (χ0) is 13.6. The van der Waals surface area contributed by atoms with Gasteiger partial charge in [-0.1, -0.05) is 18.6 Å². The Labute approximate surface area is 118 Å². The van der Waals surface area contributed by atoms with Crippen LogP contribution in [-0.2, 0) is 16.1 Å². The molecule has 1 aromatic carbocycles. The van der Waals surface area contributed by atoms with Crippen LogP contribution in [0.5, 0.6) is 0 Å². The quantitative estimate of drug-likeness (QED) is 0.784. The van der Waals surface area contributed by atoms with Crippen LogP contribution in [-0.4, -0.2) is 16.7 Å². The number of amides is 2. The van der Waals surface area contributed by atoms with Crippen molar-refractivity contribution in [3.05, 3.63) is 34.1 Å². The van der Waals surface area contributed by atoms with E-state index in [1.165, 1.54) is 11.0 Å². The van der Waals surface area contributed by atoms with Crippen molar-refractivity contribution in [2.24, 2.45) is 11.8 Å². The molecule has 1 saturated carbocycles. The van der Waals surface area contributed by atoms with Gasteiger partial charge in [0, 0.05) is 0 Å². The van der Waals surface area contributed by atoms with E-state index in [1.54, 1.807) is 12.1 Å². The zero-order valence-electron chi connectivity index (χ0n) is 10.2. The van der Waals surface area contributed by atoms with Crippen LogP contribution in [0.15, 0.2) is 22.7 Å². The van der Waals surface area contributed by atoms with Gasteiger partial charge in [-0.3, -0.25) is 14.5 Å². The van der Waals surface area contributed by atoms with E-state index in [0.29, 0.717) is 10.0 Å². The summed E-state index contributed by atoms with van der Waals surface area (Å²) in [5, 5.41) is 0. The molecule has 0 aromatic heterocycles. The molecular weight excluding hydrogens is 313 g/mol. The summed E-state index contributed by atoms with van der Waals surface area (Å²) in [6.45, 7) is 0.156. The molecule has 1 saturated heterocycles. The lowest BCUT2D eigenvalue weighted by Crippen LogP contribution is -2.31. The molecule has 0 bridgehead atoms. The maximum Gasteiger partial charge on any atom is 0.233 e. The molecule has 3 nitrogen and oxygen atoms in total. The van der Waals surface area contributed by atoms with E-state index in [2.05, 4.69) is 15.9 Å². The van der Waals surface area contributed by atoms with Crippen LogP contribution in [0.4, 0.5) is 4.39 Å². The number of carbonyl (C=O) groups is 2. The van der Waals surface area contributed by atoms with Crippen molar-refractivity contribution in [3.8, 4) is 0 Å². The zero-order valence-corrected chi connectivity index (χ0v) is 11.8. The number of rotatable bonds is 2. The average molecular weight is 326 g/mol. The maximum atomic E-state index is 13.4. The van der Waals surface area contributed by atoms with E-state index in [1.807, 2.05) is 0 Å². The lowest BCUT2D eigenvalue weighted by molar-refractivity contribution is -0.141. The summed E-state index contributed by atoms with van der Waals surface area (Å²) in [5.41, 5.74) is 0.627. The summed E-state index contributed by atoms with van der Waals surface area (Å²) in [4.78, 5) is 25.7. The first-order chi connectivity index (χ1) is 9.09. The van der Waals surface area contributed by atoms with Gasteiger partial charge in [0.2, 0.25) is 11.8 Å². The van der Waals surface area contributed by atoms with Crippen molar-refractivity contribution in [2.75, 3.05) is 0 Å². The van der Waals surface area contributed by atoms with Crippen molar-refractivity contribution in [1.29, 1.82) is 0 Å². The minimum Gasteiger partial charge on any atom is -0.278 e. The molecule has 0 radical (unpaired) electrons. The number of likely N-dealkylation sites (tertiary alicyclic amines) is 1. The fraction of sp³-hybridized carbons (Fsp3) is 0.429. The molecule has 0 spiro atoms. The molecular formula is C14H13BrFNO2. The molecule has 5 heteroatoms. The van der Waals surface area contributed by atoms with Crippen LogP contribution in [0.2, 0.25) is 0 Å². The fourth-order valence-corrected chi connectivity index (χ4v) is 3.45. The summed E-state index contributed by atoms with van der Waals surface area (Å²) >= 11 is 3.16. The molecule has 1 aliphatic heterocycles. The molecule has 1 heterocycles. The number of hydrogen-bond acceptors (Lipinski definition) is 2. The van der Waals surface area contributed by atoms with Gasteiger partial charge in [0.15, 0.2) is 0 Å². The first-order valence-corrected chi connectivity index (χ1v) is 7.17. The lowest BCUT2D eigenvalue weighted by atomic mass is 10.00. The van der Waals surface area contributed by atoms with Gasteiger partial charge in [0.1, 0.15) is 5.82 Å². The normalized spacial score (nSPS) is 26.1. The number of carbonyl (C=O) groups excluding carboxylic acids is 2. The number of benzene rings is 1. The average Bonchev–Trinajstić information content (AvgIpc) is 2.95. The Kier molecular flexibility index (Phi) is 3.17. The van der Waals surface area contributed by atoms with Crippen LogP contribution in [0.25, 0.3) is 0 Å². The summed E-state index contributed by atoms with van der Waals surface area (Å²) in [6.07, 6.45) is 2.55. The number of nitrogens with zero attached hydrogens (tertiary/aromatic N) is 1. The summed E-state index contributed by atoms with van der Waals surface area (Å²) in [5.74, 6) is -0.844. The molecule has 0 N–H and O–H groups in total. The van der Waals surface area contributed by atoms with Gasteiger partial charge in [0.25, 0.3) is 0 Å². The van der Waals surface area contributed by atoms with E-state index in [-0.39, 0.29) is 36.0 Å². The van der Waals surface area contributed by atoms with Crippen LogP contribution >= 0.6 is 15.9 Å². The van der Waals surface area contributed by atoms with Gasteiger partial charge in [-0.25, -0.2) is 4.39 Å². The second kappa shape index (κ2) is 4.71. The van der Waals surface area contributed by atoms with E-state index in [0.717, 1.165) is 19.3 Å². The Morgan fingerprint density at radius 1 is 1.21 bits per heavy atom. The number of hydrogen-bond donors (Lipinski definition) is 0. The van der Waals surface area contributed by atoms with Gasteiger partial charge in [-0.05, 0) is 40.4 Å². The third-order valence-corrected chi connectivity index (χ3v) is 4.93. The molecule has 19 heavy (non-hydrogen) atoms. The van der Waals surface area contributed by atoms with Crippen molar-refractivity contribution < 1.29 is 14.0 Å². The Bertz CT molecular complexity index is 538. The Balaban J connectivity index is 1.86. The van der Waals surface area contributed by atoms with Gasteiger partial charge in [-0.2, -0.15) is 0 Å². The third kappa shape index (κ3) is 2.00. The maximum absolute atomic E-state index is 13.4. The third-order valence-electron chi connectivity index (χ3n) is 4.04. The molecule has 2 aliphatic rings. The standard InChI is InChI=1S/C14H13BrFNO2/c15-12-8(3-1-6-11(12)16)7-17-13(18)9-4-2-5-10(9)14(17)19/h1,3,6,9-10H,2,4-5,7H2. The molecule has 1 aromatic rings. The highest BCUT2D eigenvalue weighted by Gasteiger charge is 2.49. The summed E-state index contributed by atoms with van der Waals surface area (Å²) < 4.78 is 13.8. The molecule has 2 unspecified atom stereocenters. The van der Waals surface area contributed by atoms with Gasteiger partial charge in [0.05, 0.1) is 22.9 Å². The minimum atomic E-state index is -0.378. The predicted molar refractivity (Wildman–Crippen MR) is 70.5 cm³/mol. The number of halogens is 2. The van der Waals surface area contributed by atoms with Crippen molar-refractivity contribution in [2.45, 2.75) is 25.8 Å². The molecule has 1 aliphatic carbocycles. The van der Waals surface area contributed by atoms with Crippen molar-refractivity contribution in [1.82, 2.24) is 4.90 Å². The lowest BCUT2D eigenvalue weighted by Gasteiger charge is -2.17. The molecule has 2 atom stereocenters. The van der Waals surface area contributed by atoms with Gasteiger partial charge < -0.3 is 0 Å². The second-order valence-electron chi connectivity index (χ2n) is 5.12. The molecule has 2 amide bonds. The monoisotopic (exact) mass is 325 g/mol. The smallest absolute Gasteiger partial charge is 0.233 e. The minimum absolute atomic E-state index is 0.0938. The highest BCUT2D eigenvalue weighted by molar-refractivity contribution is 9.10. The molecule has 2 fully saturated rings. The summed E-state index contributed by atoms with van der Waals surface area (Å²) in [6, 6.07) is 4.65. The summed E-state index contributed by atoms with van der Waals surface area (Å²) in [7, 11) is 0. The predicted octanol–water partition coefficient (Wildman–Crippen LogP) is 2.87. The first kappa shape index (κ1) is 12.8. The second-order valence-corrected chi connectivity index (χ2v) is 5.91. The Hall–Kier alpha value is -1.23. The number of fused-ring (bicyclic) bond motifs is 1. The molecule has 100 valence electrons. The highest BCUT2D eigenvalue weighted by atomic mass is 79.9. The number of imide groups is 1. The highest BCUT2D eigenvalue weighted by Crippen LogP contribution is 2.40. The van der Waals surface area contributed by atoms with Crippen LogP contribution in [0.3, 0.4) is 0 Å².